The molecule has 4 aromatic rings. The lowest BCUT2D eigenvalue weighted by molar-refractivity contribution is 0.921. The molecule has 8 heteroatoms. The van der Waals surface area contributed by atoms with Gasteiger partial charge in [-0.15, -0.1) is 10.2 Å². The summed E-state index contributed by atoms with van der Waals surface area (Å²) in [6.07, 6.45) is 0. The fourth-order valence-electron chi connectivity index (χ4n) is 2.74. The Morgan fingerprint density at radius 3 is 2.15 bits per heavy atom. The highest BCUT2D eigenvalue weighted by molar-refractivity contribution is 5.82. The van der Waals surface area contributed by atoms with E-state index < -0.39 is 0 Å². The van der Waals surface area contributed by atoms with E-state index in [2.05, 4.69) is 30.7 Å². The highest BCUT2D eigenvalue weighted by Crippen LogP contribution is 2.20. The summed E-state index contributed by atoms with van der Waals surface area (Å²) in [7, 11) is 3.84. The molecule has 0 spiro atoms. The first kappa shape index (κ1) is 15.9. The second kappa shape index (κ2) is 6.40. The van der Waals surface area contributed by atoms with Gasteiger partial charge in [0.1, 0.15) is 0 Å². The van der Waals surface area contributed by atoms with Crippen molar-refractivity contribution in [1.82, 2.24) is 19.1 Å². The summed E-state index contributed by atoms with van der Waals surface area (Å²) in [6, 6.07) is 15.8. The second-order valence-corrected chi connectivity index (χ2v) is 5.91. The maximum absolute atomic E-state index is 4.50. The largest absolute Gasteiger partial charge is 0.312 e. The number of aryl methyl sites for hydroxylation is 2. The molecule has 26 heavy (non-hydrogen) atoms. The van der Waals surface area contributed by atoms with Crippen molar-refractivity contribution >= 4 is 39.8 Å². The van der Waals surface area contributed by atoms with Gasteiger partial charge in [0, 0.05) is 14.1 Å². The number of anilines is 1. The lowest BCUT2D eigenvalue weighted by Crippen LogP contribution is -2.00. The van der Waals surface area contributed by atoms with E-state index in [9.17, 15) is 0 Å². The molecule has 0 atom stereocenters. The van der Waals surface area contributed by atoms with Crippen molar-refractivity contribution in [3.63, 3.8) is 0 Å². The maximum Gasteiger partial charge on any atom is 0.250 e. The zero-order chi connectivity index (χ0) is 18.1. The molecule has 0 amide bonds. The Hall–Kier alpha value is -3.55. The number of para-hydroxylation sites is 4. The van der Waals surface area contributed by atoms with Crippen molar-refractivity contribution in [2.45, 2.75) is 6.92 Å². The molecule has 8 nitrogen and oxygen atoms in total. The van der Waals surface area contributed by atoms with E-state index >= 15 is 0 Å². The van der Waals surface area contributed by atoms with Crippen LogP contribution in [0.25, 0.3) is 22.1 Å². The number of hydrazone groups is 1. The third-order valence-corrected chi connectivity index (χ3v) is 4.15. The van der Waals surface area contributed by atoms with Crippen LogP contribution in [0.3, 0.4) is 0 Å². The van der Waals surface area contributed by atoms with E-state index in [1.54, 1.807) is 6.92 Å². The van der Waals surface area contributed by atoms with Crippen LogP contribution in [0, 0.1) is 0 Å². The van der Waals surface area contributed by atoms with Crippen molar-refractivity contribution in [1.29, 1.82) is 0 Å². The number of aromatic nitrogens is 4. The second-order valence-electron chi connectivity index (χ2n) is 5.91. The molecule has 0 radical (unpaired) electrons. The number of benzene rings is 2. The minimum atomic E-state index is 0.476. The number of imidazole rings is 2. The van der Waals surface area contributed by atoms with Crippen molar-refractivity contribution in [2.24, 2.45) is 29.4 Å². The summed E-state index contributed by atoms with van der Waals surface area (Å²) in [5.74, 6) is 1.65. The maximum atomic E-state index is 4.50. The molecule has 0 aliphatic rings. The first-order valence-electron chi connectivity index (χ1n) is 8.18. The van der Waals surface area contributed by atoms with E-state index in [4.69, 9.17) is 0 Å². The molecule has 0 unspecified atom stereocenters. The molecule has 1 N–H and O–H groups in total. The van der Waals surface area contributed by atoms with Gasteiger partial charge in [0.15, 0.2) is 5.84 Å². The first-order chi connectivity index (χ1) is 12.6. The molecule has 2 aromatic heterocycles. The van der Waals surface area contributed by atoms with Crippen LogP contribution < -0.4 is 5.43 Å². The molecule has 2 heterocycles. The Morgan fingerprint density at radius 2 is 1.50 bits per heavy atom. The molecule has 130 valence electrons. The molecule has 0 aliphatic carbocycles. The zero-order valence-corrected chi connectivity index (χ0v) is 14.7. The van der Waals surface area contributed by atoms with E-state index in [1.807, 2.05) is 71.8 Å². The molecular formula is C18H18N8. The topological polar surface area (TPSA) is 84.8 Å². The molecule has 0 saturated heterocycles. The van der Waals surface area contributed by atoms with Gasteiger partial charge < -0.3 is 9.13 Å². The van der Waals surface area contributed by atoms with Crippen molar-refractivity contribution in [2.75, 3.05) is 5.43 Å². The summed E-state index contributed by atoms with van der Waals surface area (Å²) in [5.41, 5.74) is 6.77. The monoisotopic (exact) mass is 346 g/mol. The minimum absolute atomic E-state index is 0.476. The molecule has 0 fully saturated rings. The number of azo groups is 1. The van der Waals surface area contributed by atoms with E-state index in [0.717, 1.165) is 22.1 Å². The Labute approximate surface area is 149 Å². The Bertz CT molecular complexity index is 1150. The molecular weight excluding hydrogens is 328 g/mol. The fraction of sp³-hybridized carbons (Fsp3) is 0.167. The van der Waals surface area contributed by atoms with Gasteiger partial charge in [0.05, 0.1) is 22.1 Å². The van der Waals surface area contributed by atoms with Crippen LogP contribution in [0.1, 0.15) is 6.92 Å². The van der Waals surface area contributed by atoms with Gasteiger partial charge in [-0.1, -0.05) is 24.3 Å². The van der Waals surface area contributed by atoms with E-state index in [0.29, 0.717) is 17.7 Å². The highest BCUT2D eigenvalue weighted by Gasteiger charge is 2.07. The van der Waals surface area contributed by atoms with Crippen LogP contribution in [0.5, 0.6) is 0 Å². The van der Waals surface area contributed by atoms with Crippen molar-refractivity contribution in [3.05, 3.63) is 48.5 Å². The van der Waals surface area contributed by atoms with Gasteiger partial charge in [-0.2, -0.15) is 5.10 Å². The summed E-state index contributed by atoms with van der Waals surface area (Å²) in [4.78, 5) is 8.96. The molecule has 0 saturated carbocycles. The van der Waals surface area contributed by atoms with Gasteiger partial charge in [-0.3, -0.25) is 0 Å². The predicted molar refractivity (Wildman–Crippen MR) is 103 cm³/mol. The fourth-order valence-corrected chi connectivity index (χ4v) is 2.74. The van der Waals surface area contributed by atoms with Crippen molar-refractivity contribution in [3.8, 4) is 0 Å². The molecule has 0 bridgehead atoms. The average Bonchev–Trinajstić information content (AvgIpc) is 3.16. The third kappa shape index (κ3) is 2.81. The van der Waals surface area contributed by atoms with Gasteiger partial charge >= 0.3 is 0 Å². The predicted octanol–water partition coefficient (Wildman–Crippen LogP) is 3.99. The number of nitrogens with zero attached hydrogens (tertiary/aromatic N) is 7. The van der Waals surface area contributed by atoms with Gasteiger partial charge in [-0.25, -0.2) is 15.4 Å². The normalized spacial score (nSPS) is 12.5. The quantitative estimate of drug-likeness (QED) is 0.263. The minimum Gasteiger partial charge on any atom is -0.312 e. The summed E-state index contributed by atoms with van der Waals surface area (Å²) in [5, 5.41) is 12.6. The third-order valence-electron chi connectivity index (χ3n) is 4.15. The van der Waals surface area contributed by atoms with Crippen LogP contribution in [0.4, 0.5) is 11.9 Å². The molecule has 0 aliphatic heterocycles. The van der Waals surface area contributed by atoms with Crippen molar-refractivity contribution < 1.29 is 0 Å². The highest BCUT2D eigenvalue weighted by atomic mass is 15.4. The lowest BCUT2D eigenvalue weighted by Gasteiger charge is -2.00. The summed E-state index contributed by atoms with van der Waals surface area (Å²) >= 11 is 0. The van der Waals surface area contributed by atoms with Gasteiger partial charge in [0.25, 0.3) is 0 Å². The number of rotatable bonds is 3. The summed E-state index contributed by atoms with van der Waals surface area (Å²) in [6.45, 7) is 1.77. The van der Waals surface area contributed by atoms with Crippen LogP contribution in [0.15, 0.2) is 63.9 Å². The number of fused-ring (bicyclic) bond motifs is 2. The standard InChI is InChI=1S/C18H18N8/c1-12(21-23-17-19-13-8-4-6-10-15(13)25(17)2)22-24-18-20-14-9-5-7-11-16(14)26(18)3/h4-11H,1-3H3,(H,19,23). The van der Waals surface area contributed by atoms with E-state index in [-0.39, 0.29) is 0 Å². The number of amidine groups is 1. The van der Waals surface area contributed by atoms with E-state index in [1.165, 1.54) is 0 Å². The summed E-state index contributed by atoms with van der Waals surface area (Å²) < 4.78 is 3.83. The Kier molecular flexibility index (Phi) is 3.92. The van der Waals surface area contributed by atoms with Crippen LogP contribution >= 0.6 is 0 Å². The first-order valence-corrected chi connectivity index (χ1v) is 8.18. The number of hydrogen-bond acceptors (Lipinski definition) is 5. The Balaban J connectivity index is 1.54. The smallest absolute Gasteiger partial charge is 0.250 e. The SMILES string of the molecule is CC(N=Nc1nc2ccccc2n1C)=NNc1nc2ccccc2n1C. The van der Waals surface area contributed by atoms with Crippen LogP contribution in [-0.4, -0.2) is 24.9 Å². The van der Waals surface area contributed by atoms with Crippen LogP contribution in [0.2, 0.25) is 0 Å². The van der Waals surface area contributed by atoms with Gasteiger partial charge in [0.2, 0.25) is 11.9 Å². The molecule has 4 rings (SSSR count). The Morgan fingerprint density at radius 1 is 0.885 bits per heavy atom. The van der Waals surface area contributed by atoms with Gasteiger partial charge in [-0.05, 0) is 31.2 Å². The zero-order valence-electron chi connectivity index (χ0n) is 14.7. The number of nitrogens with one attached hydrogen (secondary N) is 1. The lowest BCUT2D eigenvalue weighted by atomic mass is 10.3. The van der Waals surface area contributed by atoms with Crippen LogP contribution in [-0.2, 0) is 14.1 Å². The average molecular weight is 346 g/mol. The molecule has 2 aromatic carbocycles. The number of hydrogen-bond donors (Lipinski definition) is 1.